The van der Waals surface area contributed by atoms with Gasteiger partial charge in [-0.15, -0.1) is 0 Å². The monoisotopic (exact) mass is 157 g/mol. The third-order valence-corrected chi connectivity index (χ3v) is 1.40. The summed E-state index contributed by atoms with van der Waals surface area (Å²) in [7, 11) is 0. The lowest BCUT2D eigenvalue weighted by molar-refractivity contribution is -0.119. The third kappa shape index (κ3) is 7.03. The molecule has 1 amide bonds. The zero-order valence-electron chi connectivity index (χ0n) is 7.14. The Balaban J connectivity index is 0.000000187. The highest BCUT2D eigenvalue weighted by atomic mass is 16.1. The van der Waals surface area contributed by atoms with E-state index in [4.69, 9.17) is 0 Å². The Bertz CT molecular complexity index is 135. The lowest BCUT2D eigenvalue weighted by atomic mass is 10.4. The van der Waals surface area contributed by atoms with Crippen LogP contribution in [0.5, 0.6) is 0 Å². The van der Waals surface area contributed by atoms with Crippen molar-refractivity contribution in [1.29, 1.82) is 0 Å². The molecule has 0 atom stereocenters. The van der Waals surface area contributed by atoms with E-state index in [1.807, 2.05) is 6.92 Å². The van der Waals surface area contributed by atoms with Gasteiger partial charge in [0.25, 0.3) is 0 Å². The second-order valence-corrected chi connectivity index (χ2v) is 2.51. The Morgan fingerprint density at radius 1 is 1.64 bits per heavy atom. The lowest BCUT2D eigenvalue weighted by Gasteiger charge is -1.80. The van der Waals surface area contributed by atoms with Crippen LogP contribution in [0.2, 0.25) is 0 Å². The molecule has 1 heterocycles. The first kappa shape index (κ1) is 10.1. The Morgan fingerprint density at radius 3 is 2.27 bits per heavy atom. The Morgan fingerprint density at radius 2 is 2.18 bits per heavy atom. The van der Waals surface area contributed by atoms with Gasteiger partial charge in [-0.1, -0.05) is 6.92 Å². The fourth-order valence-corrected chi connectivity index (χ4v) is 0.565. The zero-order chi connectivity index (χ0) is 8.69. The summed E-state index contributed by atoms with van der Waals surface area (Å²) in [5, 5.41) is 2.68. The average Bonchev–Trinajstić information content (AvgIpc) is 2.41. The minimum atomic E-state index is 0.204. The molecule has 1 saturated heterocycles. The molecule has 1 rings (SSSR count). The molecule has 0 unspecified atom stereocenters. The highest BCUT2D eigenvalue weighted by molar-refractivity contribution is 5.77. The van der Waals surface area contributed by atoms with Gasteiger partial charge < -0.3 is 10.1 Å². The predicted molar refractivity (Wildman–Crippen MR) is 43.2 cm³/mol. The highest BCUT2D eigenvalue weighted by Crippen LogP contribution is 1.93. The van der Waals surface area contributed by atoms with Crippen LogP contribution in [-0.4, -0.2) is 18.2 Å². The Labute approximate surface area is 67.2 Å². The fourth-order valence-electron chi connectivity index (χ4n) is 0.565. The van der Waals surface area contributed by atoms with Crippen LogP contribution in [0.15, 0.2) is 0 Å². The molecule has 0 aliphatic carbocycles. The Hall–Kier alpha value is -0.860. The van der Waals surface area contributed by atoms with E-state index in [0.29, 0.717) is 6.42 Å². The number of amides is 1. The normalized spacial score (nSPS) is 14.9. The molecule has 0 aromatic carbocycles. The van der Waals surface area contributed by atoms with Gasteiger partial charge in [0.05, 0.1) is 0 Å². The third-order valence-electron chi connectivity index (χ3n) is 1.40. The van der Waals surface area contributed by atoms with Crippen molar-refractivity contribution in [2.75, 3.05) is 6.54 Å². The standard InChI is InChI=1S/C4H7NO.C4H8O/c6-4-2-1-3-5-4;1-3-4(2)5/h1-3H2,(H,5,6);3H2,1-2H3. The van der Waals surface area contributed by atoms with Gasteiger partial charge in [-0.3, -0.25) is 4.79 Å². The summed E-state index contributed by atoms with van der Waals surface area (Å²) < 4.78 is 0. The van der Waals surface area contributed by atoms with E-state index < -0.39 is 0 Å². The van der Waals surface area contributed by atoms with Crippen molar-refractivity contribution < 1.29 is 9.59 Å². The first-order valence-electron chi connectivity index (χ1n) is 3.93. The topological polar surface area (TPSA) is 46.2 Å². The van der Waals surface area contributed by atoms with Gasteiger partial charge in [0.1, 0.15) is 5.78 Å². The van der Waals surface area contributed by atoms with Crippen molar-refractivity contribution in [3.8, 4) is 0 Å². The summed E-state index contributed by atoms with van der Waals surface area (Å²) in [6.45, 7) is 4.32. The zero-order valence-corrected chi connectivity index (χ0v) is 7.14. The molecule has 0 saturated carbocycles. The van der Waals surface area contributed by atoms with Crippen molar-refractivity contribution in [2.45, 2.75) is 33.1 Å². The molecule has 0 spiro atoms. The lowest BCUT2D eigenvalue weighted by Crippen LogP contribution is -2.12. The molecule has 1 aliphatic rings. The molecular formula is C8H15NO2. The molecule has 0 aromatic heterocycles. The highest BCUT2D eigenvalue weighted by Gasteiger charge is 2.05. The quantitative estimate of drug-likeness (QED) is 0.614. The predicted octanol–water partition coefficient (Wildman–Crippen LogP) is 0.882. The van der Waals surface area contributed by atoms with Gasteiger partial charge >= 0.3 is 0 Å². The van der Waals surface area contributed by atoms with E-state index >= 15 is 0 Å². The average molecular weight is 157 g/mol. The van der Waals surface area contributed by atoms with Crippen LogP contribution in [0.4, 0.5) is 0 Å². The van der Waals surface area contributed by atoms with E-state index in [0.717, 1.165) is 19.4 Å². The molecule has 3 nitrogen and oxygen atoms in total. The number of carbonyl (C=O) groups is 2. The van der Waals surface area contributed by atoms with Crippen LogP contribution in [-0.2, 0) is 9.59 Å². The molecule has 3 heteroatoms. The first-order valence-corrected chi connectivity index (χ1v) is 3.93. The molecular weight excluding hydrogens is 142 g/mol. The van der Waals surface area contributed by atoms with E-state index in [2.05, 4.69) is 5.32 Å². The summed E-state index contributed by atoms with van der Waals surface area (Å²) in [6, 6.07) is 0. The van der Waals surface area contributed by atoms with E-state index in [1.165, 1.54) is 0 Å². The molecule has 1 N–H and O–H groups in total. The summed E-state index contributed by atoms with van der Waals surface area (Å²) in [5.41, 5.74) is 0. The van der Waals surface area contributed by atoms with Crippen LogP contribution in [0.1, 0.15) is 33.1 Å². The summed E-state index contributed by atoms with van der Waals surface area (Å²) >= 11 is 0. The smallest absolute Gasteiger partial charge is 0.220 e. The van der Waals surface area contributed by atoms with Gasteiger partial charge in [0.15, 0.2) is 0 Å². The minimum Gasteiger partial charge on any atom is -0.356 e. The number of carbonyl (C=O) groups excluding carboxylic acids is 2. The maximum absolute atomic E-state index is 10.1. The second kappa shape index (κ2) is 5.89. The maximum Gasteiger partial charge on any atom is 0.220 e. The summed E-state index contributed by atoms with van der Waals surface area (Å²) in [6.07, 6.45) is 2.43. The molecule has 64 valence electrons. The minimum absolute atomic E-state index is 0.204. The van der Waals surface area contributed by atoms with Crippen LogP contribution in [0, 0.1) is 0 Å². The first-order chi connectivity index (χ1) is 5.16. The summed E-state index contributed by atoms with van der Waals surface area (Å²) in [4.78, 5) is 19.9. The number of hydrogen-bond acceptors (Lipinski definition) is 2. The van der Waals surface area contributed by atoms with E-state index in [-0.39, 0.29) is 11.7 Å². The molecule has 0 aromatic rings. The number of Topliss-reactive ketones (excluding diaryl/α,β-unsaturated/α-hetero) is 1. The molecule has 1 fully saturated rings. The van der Waals surface area contributed by atoms with Crippen LogP contribution < -0.4 is 5.32 Å². The number of nitrogens with one attached hydrogen (secondary N) is 1. The van der Waals surface area contributed by atoms with Crippen molar-refractivity contribution in [3.05, 3.63) is 0 Å². The van der Waals surface area contributed by atoms with Crippen molar-refractivity contribution in [2.24, 2.45) is 0 Å². The van der Waals surface area contributed by atoms with Crippen molar-refractivity contribution in [3.63, 3.8) is 0 Å². The van der Waals surface area contributed by atoms with Crippen LogP contribution in [0.25, 0.3) is 0 Å². The summed E-state index contributed by atoms with van der Waals surface area (Å²) in [5.74, 6) is 0.458. The number of hydrogen-bond donors (Lipinski definition) is 1. The van der Waals surface area contributed by atoms with Gasteiger partial charge in [-0.2, -0.15) is 0 Å². The van der Waals surface area contributed by atoms with Gasteiger partial charge in [0.2, 0.25) is 5.91 Å². The fraction of sp³-hybridized carbons (Fsp3) is 0.750. The van der Waals surface area contributed by atoms with Crippen molar-refractivity contribution >= 4 is 11.7 Å². The maximum atomic E-state index is 10.1. The number of ketones is 1. The Kier molecular flexibility index (Phi) is 5.43. The van der Waals surface area contributed by atoms with Crippen molar-refractivity contribution in [1.82, 2.24) is 5.32 Å². The van der Waals surface area contributed by atoms with Gasteiger partial charge in [0, 0.05) is 19.4 Å². The largest absolute Gasteiger partial charge is 0.356 e. The molecule has 1 aliphatic heterocycles. The molecule has 11 heavy (non-hydrogen) atoms. The molecule has 0 radical (unpaired) electrons. The van der Waals surface area contributed by atoms with Crippen LogP contribution >= 0.6 is 0 Å². The van der Waals surface area contributed by atoms with E-state index in [1.54, 1.807) is 6.92 Å². The second-order valence-electron chi connectivity index (χ2n) is 2.51. The number of rotatable bonds is 1. The molecule has 0 bridgehead atoms. The SMILES string of the molecule is CCC(C)=O.O=C1CCCN1. The van der Waals surface area contributed by atoms with E-state index in [9.17, 15) is 9.59 Å². The van der Waals surface area contributed by atoms with Gasteiger partial charge in [-0.05, 0) is 13.3 Å². The van der Waals surface area contributed by atoms with Gasteiger partial charge in [-0.25, -0.2) is 0 Å². The van der Waals surface area contributed by atoms with Crippen LogP contribution in [0.3, 0.4) is 0 Å².